The van der Waals surface area contributed by atoms with Crippen LogP contribution in [0.2, 0.25) is 10.0 Å². The second-order valence-electron chi connectivity index (χ2n) is 9.01. The predicted molar refractivity (Wildman–Crippen MR) is 143 cm³/mol. The van der Waals surface area contributed by atoms with E-state index in [4.69, 9.17) is 23.2 Å². The van der Waals surface area contributed by atoms with Crippen LogP contribution in [0.15, 0.2) is 42.5 Å². The topological polar surface area (TPSA) is 49.4 Å². The molecule has 1 fully saturated rings. The molecule has 4 nitrogen and oxygen atoms in total. The number of nitrogens with zero attached hydrogens (tertiary/aromatic N) is 1. The minimum absolute atomic E-state index is 0.0608. The van der Waals surface area contributed by atoms with Crippen LogP contribution < -0.4 is 5.32 Å². The predicted octanol–water partition coefficient (Wildman–Crippen LogP) is 6.79. The molecule has 1 atom stereocenters. The second-order valence-corrected chi connectivity index (χ2v) is 10.8. The number of carbonyl (C=O) groups excluding carboxylic acids is 2. The van der Waals surface area contributed by atoms with Crippen molar-refractivity contribution in [3.05, 3.63) is 69.2 Å². The Bertz CT molecular complexity index is 979. The van der Waals surface area contributed by atoms with Crippen LogP contribution in [0.5, 0.6) is 0 Å². The number of hydrogen-bond acceptors (Lipinski definition) is 3. The van der Waals surface area contributed by atoms with Crippen molar-refractivity contribution in [1.82, 2.24) is 10.2 Å². The normalized spacial score (nSPS) is 15.1. The number of carbonyl (C=O) groups is 2. The monoisotopic (exact) mass is 520 g/mol. The van der Waals surface area contributed by atoms with Crippen LogP contribution in [0.3, 0.4) is 0 Å². The van der Waals surface area contributed by atoms with E-state index in [1.165, 1.54) is 17.5 Å². The summed E-state index contributed by atoms with van der Waals surface area (Å²) in [6, 6.07) is 13.2. The van der Waals surface area contributed by atoms with Crippen molar-refractivity contribution in [2.24, 2.45) is 0 Å². The third-order valence-electron chi connectivity index (χ3n) is 6.27. The van der Waals surface area contributed by atoms with Gasteiger partial charge in [0.1, 0.15) is 6.04 Å². The number of rotatable bonds is 10. The molecular weight excluding hydrogens is 487 g/mol. The van der Waals surface area contributed by atoms with Gasteiger partial charge in [0.15, 0.2) is 0 Å². The molecule has 1 saturated carbocycles. The van der Waals surface area contributed by atoms with Crippen LogP contribution in [0.1, 0.15) is 62.1 Å². The van der Waals surface area contributed by atoms with E-state index in [2.05, 4.69) is 30.4 Å². The number of nitrogens with one attached hydrogen (secondary N) is 1. The van der Waals surface area contributed by atoms with Gasteiger partial charge in [-0.1, -0.05) is 85.3 Å². The Balaban J connectivity index is 1.73. The van der Waals surface area contributed by atoms with E-state index in [9.17, 15) is 9.59 Å². The standard InChI is InChI=1S/C27H34Cl2N2O2S/c1-3-25(27(33)30-23-10-5-4-6-11-23)31(16-21-12-13-22(28)15-24(21)29)26(32)18-34-17-20-9-7-8-19(2)14-20/h7-9,12-15,23,25H,3-6,10-11,16-18H2,1-2H3,(H,30,33)/t25-/m0/s1. The van der Waals surface area contributed by atoms with E-state index in [1.54, 1.807) is 28.8 Å². The highest BCUT2D eigenvalue weighted by Crippen LogP contribution is 2.25. The molecule has 0 aliphatic heterocycles. The van der Waals surface area contributed by atoms with Crippen molar-refractivity contribution in [2.75, 3.05) is 5.75 Å². The number of aryl methyl sites for hydroxylation is 1. The molecule has 0 spiro atoms. The van der Waals surface area contributed by atoms with Gasteiger partial charge in [0.05, 0.1) is 5.75 Å². The first kappa shape index (κ1) is 26.9. The SMILES string of the molecule is CC[C@@H](C(=O)NC1CCCCC1)N(Cc1ccc(Cl)cc1Cl)C(=O)CSCc1cccc(C)c1. The molecule has 184 valence electrons. The summed E-state index contributed by atoms with van der Waals surface area (Å²) in [5, 5.41) is 4.25. The highest BCUT2D eigenvalue weighted by atomic mass is 35.5. The Morgan fingerprint density at radius 3 is 2.56 bits per heavy atom. The fourth-order valence-electron chi connectivity index (χ4n) is 4.44. The Morgan fingerprint density at radius 1 is 1.12 bits per heavy atom. The second kappa shape index (κ2) is 13.4. The van der Waals surface area contributed by atoms with Crippen LogP contribution >= 0.6 is 35.0 Å². The average Bonchev–Trinajstić information content (AvgIpc) is 2.81. The first-order valence-corrected chi connectivity index (χ1v) is 14.0. The lowest BCUT2D eigenvalue weighted by Crippen LogP contribution is -2.52. The Hall–Kier alpha value is -1.69. The van der Waals surface area contributed by atoms with Crippen LogP contribution in [0.25, 0.3) is 0 Å². The van der Waals surface area contributed by atoms with E-state index in [1.807, 2.05) is 19.1 Å². The van der Waals surface area contributed by atoms with Crippen LogP contribution in [0, 0.1) is 6.92 Å². The molecule has 2 amide bonds. The molecule has 1 aliphatic rings. The van der Waals surface area contributed by atoms with Crippen molar-refractivity contribution >= 4 is 46.8 Å². The molecule has 1 aliphatic carbocycles. The zero-order valence-corrected chi connectivity index (χ0v) is 22.3. The zero-order valence-electron chi connectivity index (χ0n) is 20.0. The maximum absolute atomic E-state index is 13.4. The lowest BCUT2D eigenvalue weighted by molar-refractivity contribution is -0.139. The largest absolute Gasteiger partial charge is 0.352 e. The van der Waals surface area contributed by atoms with E-state index >= 15 is 0 Å². The summed E-state index contributed by atoms with van der Waals surface area (Å²) in [6.45, 7) is 4.29. The highest BCUT2D eigenvalue weighted by Gasteiger charge is 2.30. The summed E-state index contributed by atoms with van der Waals surface area (Å²) in [4.78, 5) is 28.4. The number of halogens is 2. The van der Waals surface area contributed by atoms with Gasteiger partial charge in [-0.15, -0.1) is 11.8 Å². The fourth-order valence-corrected chi connectivity index (χ4v) is 5.76. The zero-order chi connectivity index (χ0) is 24.5. The summed E-state index contributed by atoms with van der Waals surface area (Å²) < 4.78 is 0. The minimum Gasteiger partial charge on any atom is -0.352 e. The number of amides is 2. The molecule has 3 rings (SSSR count). The summed E-state index contributed by atoms with van der Waals surface area (Å²) in [5.41, 5.74) is 3.17. The first-order valence-electron chi connectivity index (χ1n) is 12.0. The van der Waals surface area contributed by atoms with E-state index in [0.717, 1.165) is 37.0 Å². The quantitative estimate of drug-likeness (QED) is 0.375. The maximum atomic E-state index is 13.4. The average molecular weight is 522 g/mol. The summed E-state index contributed by atoms with van der Waals surface area (Å²) >= 11 is 14.1. The summed E-state index contributed by atoms with van der Waals surface area (Å²) in [6.07, 6.45) is 6.05. The molecule has 0 radical (unpaired) electrons. The number of thioether (sulfide) groups is 1. The van der Waals surface area contributed by atoms with Gasteiger partial charge in [-0.05, 0) is 49.4 Å². The van der Waals surface area contributed by atoms with E-state index in [0.29, 0.717) is 22.2 Å². The molecular formula is C27H34Cl2N2O2S. The molecule has 1 N–H and O–H groups in total. The molecule has 2 aromatic rings. The minimum atomic E-state index is -0.541. The van der Waals surface area contributed by atoms with Crippen molar-refractivity contribution in [2.45, 2.75) is 76.8 Å². The number of hydrogen-bond donors (Lipinski definition) is 1. The lowest BCUT2D eigenvalue weighted by atomic mass is 9.95. The van der Waals surface area contributed by atoms with Crippen LogP contribution in [-0.4, -0.2) is 34.6 Å². The molecule has 34 heavy (non-hydrogen) atoms. The Morgan fingerprint density at radius 2 is 1.88 bits per heavy atom. The van der Waals surface area contributed by atoms with Crippen molar-refractivity contribution in [3.63, 3.8) is 0 Å². The van der Waals surface area contributed by atoms with Gasteiger partial charge in [-0.25, -0.2) is 0 Å². The summed E-state index contributed by atoms with van der Waals surface area (Å²) in [5.74, 6) is 0.909. The van der Waals surface area contributed by atoms with Crippen molar-refractivity contribution in [1.29, 1.82) is 0 Å². The van der Waals surface area contributed by atoms with Gasteiger partial charge in [-0.3, -0.25) is 9.59 Å². The molecule has 0 saturated heterocycles. The van der Waals surface area contributed by atoms with Gasteiger partial charge >= 0.3 is 0 Å². The molecule has 7 heteroatoms. The molecule has 0 heterocycles. The third-order valence-corrected chi connectivity index (χ3v) is 7.85. The van der Waals surface area contributed by atoms with Gasteiger partial charge < -0.3 is 10.2 Å². The van der Waals surface area contributed by atoms with Gasteiger partial charge in [0.2, 0.25) is 11.8 Å². The van der Waals surface area contributed by atoms with E-state index < -0.39 is 6.04 Å². The molecule has 0 bridgehead atoms. The summed E-state index contributed by atoms with van der Waals surface area (Å²) in [7, 11) is 0. The molecule has 2 aromatic carbocycles. The number of benzene rings is 2. The van der Waals surface area contributed by atoms with E-state index in [-0.39, 0.29) is 24.4 Å². The third kappa shape index (κ3) is 7.93. The molecule has 0 unspecified atom stereocenters. The van der Waals surface area contributed by atoms with Gasteiger partial charge in [0.25, 0.3) is 0 Å². The smallest absolute Gasteiger partial charge is 0.243 e. The first-order chi connectivity index (χ1) is 16.4. The lowest BCUT2D eigenvalue weighted by Gasteiger charge is -2.33. The van der Waals surface area contributed by atoms with Gasteiger partial charge in [-0.2, -0.15) is 0 Å². The Kier molecular flexibility index (Phi) is 10.6. The van der Waals surface area contributed by atoms with Crippen LogP contribution in [0.4, 0.5) is 0 Å². The Labute approximate surface area is 217 Å². The molecule has 0 aromatic heterocycles. The fraction of sp³-hybridized carbons (Fsp3) is 0.481. The van der Waals surface area contributed by atoms with Gasteiger partial charge in [0, 0.05) is 28.4 Å². The highest BCUT2D eigenvalue weighted by molar-refractivity contribution is 7.99. The van der Waals surface area contributed by atoms with Crippen LogP contribution in [-0.2, 0) is 21.9 Å². The van der Waals surface area contributed by atoms with Crippen molar-refractivity contribution < 1.29 is 9.59 Å². The van der Waals surface area contributed by atoms with Crippen molar-refractivity contribution in [3.8, 4) is 0 Å². The maximum Gasteiger partial charge on any atom is 0.243 e.